The molecule has 4 nitrogen and oxygen atoms in total. The molecule has 0 aliphatic carbocycles. The third kappa shape index (κ3) is 3.52. The number of fused-ring (bicyclic) bond motifs is 1. The van der Waals surface area contributed by atoms with Gasteiger partial charge in [0, 0.05) is 50.1 Å². The normalized spacial score (nSPS) is 17.2. The van der Waals surface area contributed by atoms with E-state index in [4.69, 9.17) is 4.74 Å². The first-order valence-electron chi connectivity index (χ1n) is 7.68. The summed E-state index contributed by atoms with van der Waals surface area (Å²) in [5.74, 6) is 0. The Morgan fingerprint density at radius 1 is 1.24 bits per heavy atom. The predicted molar refractivity (Wildman–Crippen MR) is 86.7 cm³/mol. The predicted octanol–water partition coefficient (Wildman–Crippen LogP) is 2.76. The second-order valence-corrected chi connectivity index (χ2v) is 5.63. The van der Waals surface area contributed by atoms with Crippen LogP contribution >= 0.6 is 0 Å². The van der Waals surface area contributed by atoms with Crippen LogP contribution in [-0.4, -0.2) is 49.3 Å². The molecule has 0 bridgehead atoms. The van der Waals surface area contributed by atoms with E-state index in [0.29, 0.717) is 6.04 Å². The van der Waals surface area contributed by atoms with E-state index in [2.05, 4.69) is 39.5 Å². The molecule has 0 amide bonds. The van der Waals surface area contributed by atoms with Gasteiger partial charge in [-0.25, -0.2) is 0 Å². The molecule has 2 aromatic rings. The molecule has 1 aliphatic heterocycles. The maximum atomic E-state index is 5.15. The SMILES string of the molecule is COCCN1CCC(Nc2ccnc3ccccc23)CC1. The Kier molecular flexibility index (Phi) is 4.68. The van der Waals surface area contributed by atoms with Gasteiger partial charge in [-0.3, -0.25) is 4.98 Å². The molecule has 1 fully saturated rings. The summed E-state index contributed by atoms with van der Waals surface area (Å²) in [6.07, 6.45) is 4.25. The third-order valence-corrected chi connectivity index (χ3v) is 4.21. The molecule has 0 atom stereocenters. The zero-order valence-electron chi connectivity index (χ0n) is 12.6. The lowest BCUT2D eigenvalue weighted by Gasteiger charge is -2.32. The second-order valence-electron chi connectivity index (χ2n) is 5.63. The average Bonchev–Trinajstić information content (AvgIpc) is 2.55. The standard InChI is InChI=1S/C17H23N3O/c1-21-13-12-20-10-7-14(8-11-20)19-17-6-9-18-16-5-3-2-4-15(16)17/h2-6,9,14H,7-8,10-13H2,1H3,(H,18,19). The largest absolute Gasteiger partial charge is 0.383 e. The van der Waals surface area contributed by atoms with E-state index in [0.717, 1.165) is 31.8 Å². The number of ether oxygens (including phenoxy) is 1. The summed E-state index contributed by atoms with van der Waals surface area (Å²) < 4.78 is 5.15. The van der Waals surface area contributed by atoms with Gasteiger partial charge in [-0.05, 0) is 25.0 Å². The van der Waals surface area contributed by atoms with Crippen molar-refractivity contribution >= 4 is 16.6 Å². The number of pyridine rings is 1. The number of methoxy groups -OCH3 is 1. The first-order valence-corrected chi connectivity index (χ1v) is 7.68. The number of rotatable bonds is 5. The molecule has 1 aliphatic rings. The Bertz CT molecular complexity index is 574. The molecule has 4 heteroatoms. The number of anilines is 1. The minimum atomic E-state index is 0.551. The molecule has 1 saturated heterocycles. The quantitative estimate of drug-likeness (QED) is 0.916. The number of piperidine rings is 1. The van der Waals surface area contributed by atoms with Crippen LogP contribution in [0, 0.1) is 0 Å². The molecule has 0 spiro atoms. The Morgan fingerprint density at radius 2 is 2.05 bits per heavy atom. The third-order valence-electron chi connectivity index (χ3n) is 4.21. The summed E-state index contributed by atoms with van der Waals surface area (Å²) >= 11 is 0. The van der Waals surface area contributed by atoms with Crippen molar-refractivity contribution in [2.45, 2.75) is 18.9 Å². The number of likely N-dealkylation sites (tertiary alicyclic amines) is 1. The van der Waals surface area contributed by atoms with E-state index < -0.39 is 0 Å². The molecule has 2 heterocycles. The minimum Gasteiger partial charge on any atom is -0.383 e. The minimum absolute atomic E-state index is 0.551. The van der Waals surface area contributed by atoms with Crippen LogP contribution in [0.3, 0.4) is 0 Å². The highest BCUT2D eigenvalue weighted by Gasteiger charge is 2.19. The summed E-state index contributed by atoms with van der Waals surface area (Å²) in [7, 11) is 1.77. The van der Waals surface area contributed by atoms with Gasteiger partial charge in [0.25, 0.3) is 0 Å². The van der Waals surface area contributed by atoms with Crippen molar-refractivity contribution in [1.29, 1.82) is 0 Å². The number of aromatic nitrogens is 1. The van der Waals surface area contributed by atoms with Crippen LogP contribution in [0.15, 0.2) is 36.5 Å². The van der Waals surface area contributed by atoms with Crippen molar-refractivity contribution in [3.63, 3.8) is 0 Å². The molecule has 0 radical (unpaired) electrons. The smallest absolute Gasteiger partial charge is 0.0722 e. The number of benzene rings is 1. The number of hydrogen-bond acceptors (Lipinski definition) is 4. The average molecular weight is 285 g/mol. The lowest BCUT2D eigenvalue weighted by Crippen LogP contribution is -2.40. The van der Waals surface area contributed by atoms with Crippen LogP contribution < -0.4 is 5.32 Å². The highest BCUT2D eigenvalue weighted by Crippen LogP contribution is 2.24. The fourth-order valence-corrected chi connectivity index (χ4v) is 2.96. The maximum absolute atomic E-state index is 5.15. The van der Waals surface area contributed by atoms with Gasteiger partial charge in [0.1, 0.15) is 0 Å². The van der Waals surface area contributed by atoms with Crippen LogP contribution in [0.25, 0.3) is 10.9 Å². The van der Waals surface area contributed by atoms with E-state index >= 15 is 0 Å². The van der Waals surface area contributed by atoms with Crippen molar-refractivity contribution in [2.24, 2.45) is 0 Å². The summed E-state index contributed by atoms with van der Waals surface area (Å²) in [6.45, 7) is 4.16. The Labute approximate surface area is 126 Å². The van der Waals surface area contributed by atoms with Crippen molar-refractivity contribution in [1.82, 2.24) is 9.88 Å². The Hall–Kier alpha value is -1.65. The van der Waals surface area contributed by atoms with E-state index in [-0.39, 0.29) is 0 Å². The second kappa shape index (κ2) is 6.87. The number of nitrogens with one attached hydrogen (secondary N) is 1. The molecule has 0 unspecified atom stereocenters. The molecular formula is C17H23N3O. The molecule has 0 saturated carbocycles. The topological polar surface area (TPSA) is 37.4 Å². The Balaban J connectivity index is 1.62. The van der Waals surface area contributed by atoms with E-state index in [9.17, 15) is 0 Å². The fraction of sp³-hybridized carbons (Fsp3) is 0.471. The van der Waals surface area contributed by atoms with Crippen LogP contribution in [0.4, 0.5) is 5.69 Å². The van der Waals surface area contributed by atoms with Crippen molar-refractivity contribution in [3.05, 3.63) is 36.5 Å². The van der Waals surface area contributed by atoms with E-state index in [1.54, 1.807) is 7.11 Å². The van der Waals surface area contributed by atoms with Gasteiger partial charge in [-0.2, -0.15) is 0 Å². The highest BCUT2D eigenvalue weighted by molar-refractivity contribution is 5.90. The fourth-order valence-electron chi connectivity index (χ4n) is 2.96. The van der Waals surface area contributed by atoms with E-state index in [1.807, 2.05) is 12.3 Å². The molecule has 1 N–H and O–H groups in total. The lowest BCUT2D eigenvalue weighted by molar-refractivity contribution is 0.132. The van der Waals surface area contributed by atoms with Crippen molar-refractivity contribution < 1.29 is 4.74 Å². The molecule has 1 aromatic heterocycles. The zero-order chi connectivity index (χ0) is 14.5. The van der Waals surface area contributed by atoms with Crippen molar-refractivity contribution in [3.8, 4) is 0 Å². The molecule has 3 rings (SSSR count). The number of hydrogen-bond donors (Lipinski definition) is 1. The number of para-hydroxylation sites is 1. The van der Waals surface area contributed by atoms with Crippen LogP contribution in [0.5, 0.6) is 0 Å². The van der Waals surface area contributed by atoms with E-state index in [1.165, 1.54) is 23.9 Å². The monoisotopic (exact) mass is 285 g/mol. The van der Waals surface area contributed by atoms with Crippen LogP contribution in [0.1, 0.15) is 12.8 Å². The summed E-state index contributed by atoms with van der Waals surface area (Å²) in [5.41, 5.74) is 2.26. The zero-order valence-corrected chi connectivity index (χ0v) is 12.6. The van der Waals surface area contributed by atoms with Gasteiger partial charge < -0.3 is 15.0 Å². The highest BCUT2D eigenvalue weighted by atomic mass is 16.5. The molecular weight excluding hydrogens is 262 g/mol. The first kappa shape index (κ1) is 14.3. The first-order chi connectivity index (χ1) is 10.4. The molecule has 21 heavy (non-hydrogen) atoms. The van der Waals surface area contributed by atoms with Crippen molar-refractivity contribution in [2.75, 3.05) is 38.7 Å². The van der Waals surface area contributed by atoms with Crippen LogP contribution in [-0.2, 0) is 4.74 Å². The van der Waals surface area contributed by atoms with Crippen LogP contribution in [0.2, 0.25) is 0 Å². The van der Waals surface area contributed by atoms with Gasteiger partial charge in [-0.15, -0.1) is 0 Å². The van der Waals surface area contributed by atoms with Gasteiger partial charge in [-0.1, -0.05) is 18.2 Å². The maximum Gasteiger partial charge on any atom is 0.0722 e. The summed E-state index contributed by atoms with van der Waals surface area (Å²) in [6, 6.07) is 10.9. The number of nitrogens with zero attached hydrogens (tertiary/aromatic N) is 2. The van der Waals surface area contributed by atoms with Gasteiger partial charge in [0.15, 0.2) is 0 Å². The van der Waals surface area contributed by atoms with Gasteiger partial charge in [0.2, 0.25) is 0 Å². The Morgan fingerprint density at radius 3 is 2.86 bits per heavy atom. The summed E-state index contributed by atoms with van der Waals surface area (Å²) in [4.78, 5) is 6.90. The van der Waals surface area contributed by atoms with Gasteiger partial charge in [0.05, 0.1) is 12.1 Å². The molecule has 112 valence electrons. The molecule has 1 aromatic carbocycles. The van der Waals surface area contributed by atoms with Gasteiger partial charge >= 0.3 is 0 Å². The lowest BCUT2D eigenvalue weighted by atomic mass is 10.0. The summed E-state index contributed by atoms with van der Waals surface area (Å²) in [5, 5.41) is 4.91.